The topological polar surface area (TPSA) is 33.7 Å². The molecule has 94 valence electrons. The predicted octanol–water partition coefficient (Wildman–Crippen LogP) is 1.50. The summed E-state index contributed by atoms with van der Waals surface area (Å²) in [6.45, 7) is 2.11. The van der Waals surface area contributed by atoms with Crippen LogP contribution in [0.25, 0.3) is 0 Å². The van der Waals surface area contributed by atoms with Crippen LogP contribution in [0.2, 0.25) is 0 Å². The third kappa shape index (κ3) is 2.64. The van der Waals surface area contributed by atoms with Gasteiger partial charge in [0.1, 0.15) is 11.5 Å². The van der Waals surface area contributed by atoms with Crippen LogP contribution in [-0.4, -0.2) is 40.4 Å². The van der Waals surface area contributed by atoms with Gasteiger partial charge in [-0.05, 0) is 13.5 Å². The maximum Gasteiger partial charge on any atom is 0.124 e. The van der Waals surface area contributed by atoms with E-state index in [9.17, 15) is 0 Å². The van der Waals surface area contributed by atoms with Gasteiger partial charge < -0.3 is 19.7 Å². The first-order valence-corrected chi connectivity index (χ1v) is 5.92. The highest BCUT2D eigenvalue weighted by Crippen LogP contribution is 2.30. The predicted molar refractivity (Wildman–Crippen MR) is 69.2 cm³/mol. The van der Waals surface area contributed by atoms with Crippen molar-refractivity contribution in [2.45, 2.75) is 12.5 Å². The minimum Gasteiger partial charge on any atom is -0.497 e. The van der Waals surface area contributed by atoms with Gasteiger partial charge in [-0.1, -0.05) is 0 Å². The summed E-state index contributed by atoms with van der Waals surface area (Å²) in [7, 11) is 5.37. The monoisotopic (exact) mass is 236 g/mol. The third-order valence-electron chi connectivity index (χ3n) is 3.30. The molecule has 1 aromatic carbocycles. The molecule has 1 saturated heterocycles. The number of hydrogen-bond donors (Lipinski definition) is 1. The van der Waals surface area contributed by atoms with Crippen molar-refractivity contribution in [3.05, 3.63) is 18.2 Å². The summed E-state index contributed by atoms with van der Waals surface area (Å²) in [6.07, 6.45) is 1.18. The van der Waals surface area contributed by atoms with Crippen LogP contribution < -0.4 is 19.7 Å². The van der Waals surface area contributed by atoms with E-state index in [-0.39, 0.29) is 0 Å². The van der Waals surface area contributed by atoms with Crippen LogP contribution in [0.1, 0.15) is 6.42 Å². The lowest BCUT2D eigenvalue weighted by Crippen LogP contribution is -2.29. The second-order valence-electron chi connectivity index (χ2n) is 4.29. The summed E-state index contributed by atoms with van der Waals surface area (Å²) in [5.74, 6) is 1.68. The fraction of sp³-hybridized carbons (Fsp3) is 0.538. The molecule has 1 aromatic rings. The van der Waals surface area contributed by atoms with Crippen LogP contribution in [0.15, 0.2) is 18.2 Å². The molecule has 2 rings (SSSR count). The van der Waals surface area contributed by atoms with Gasteiger partial charge in [-0.15, -0.1) is 0 Å². The van der Waals surface area contributed by atoms with E-state index in [1.165, 1.54) is 12.1 Å². The summed E-state index contributed by atoms with van der Waals surface area (Å²) < 4.78 is 10.6. The number of nitrogens with one attached hydrogen (secondary N) is 1. The van der Waals surface area contributed by atoms with Crippen LogP contribution >= 0.6 is 0 Å². The van der Waals surface area contributed by atoms with Gasteiger partial charge in [0, 0.05) is 43.0 Å². The SMILES string of the molecule is CN[C@H]1CCN(c2cc(OC)cc(OC)c2)C1. The summed E-state index contributed by atoms with van der Waals surface area (Å²) >= 11 is 0. The fourth-order valence-electron chi connectivity index (χ4n) is 2.21. The van der Waals surface area contributed by atoms with Crippen molar-refractivity contribution in [2.24, 2.45) is 0 Å². The highest BCUT2D eigenvalue weighted by Gasteiger charge is 2.21. The van der Waals surface area contributed by atoms with Crippen molar-refractivity contribution < 1.29 is 9.47 Å². The molecule has 1 atom stereocenters. The summed E-state index contributed by atoms with van der Waals surface area (Å²) in [5, 5.41) is 3.32. The van der Waals surface area contributed by atoms with E-state index in [1.807, 2.05) is 13.1 Å². The second kappa shape index (κ2) is 5.27. The van der Waals surface area contributed by atoms with Crippen LogP contribution in [0.3, 0.4) is 0 Å². The molecule has 0 radical (unpaired) electrons. The number of anilines is 1. The lowest BCUT2D eigenvalue weighted by atomic mass is 10.2. The first kappa shape index (κ1) is 12.0. The van der Waals surface area contributed by atoms with E-state index in [1.54, 1.807) is 14.2 Å². The zero-order chi connectivity index (χ0) is 12.3. The lowest BCUT2D eigenvalue weighted by Gasteiger charge is -2.20. The highest BCUT2D eigenvalue weighted by atomic mass is 16.5. The molecular formula is C13H20N2O2. The van der Waals surface area contributed by atoms with Crippen molar-refractivity contribution in [1.29, 1.82) is 0 Å². The zero-order valence-corrected chi connectivity index (χ0v) is 10.7. The summed E-state index contributed by atoms with van der Waals surface area (Å²) in [6, 6.07) is 6.59. The molecule has 0 bridgehead atoms. The first-order valence-electron chi connectivity index (χ1n) is 5.92. The van der Waals surface area contributed by atoms with Gasteiger partial charge in [0.05, 0.1) is 14.2 Å². The Bertz CT molecular complexity index is 359. The van der Waals surface area contributed by atoms with Gasteiger partial charge in [-0.25, -0.2) is 0 Å². The molecule has 0 aromatic heterocycles. The first-order chi connectivity index (χ1) is 8.26. The number of rotatable bonds is 4. The summed E-state index contributed by atoms with van der Waals surface area (Å²) in [5.41, 5.74) is 1.17. The smallest absolute Gasteiger partial charge is 0.124 e. The number of benzene rings is 1. The molecular weight excluding hydrogens is 216 g/mol. The van der Waals surface area contributed by atoms with E-state index >= 15 is 0 Å². The van der Waals surface area contributed by atoms with Gasteiger partial charge in [0.25, 0.3) is 0 Å². The van der Waals surface area contributed by atoms with Gasteiger partial charge in [-0.2, -0.15) is 0 Å². The van der Waals surface area contributed by atoms with Crippen molar-refractivity contribution in [2.75, 3.05) is 39.3 Å². The molecule has 1 aliphatic heterocycles. The number of ether oxygens (including phenoxy) is 2. The molecule has 1 aliphatic rings. The Morgan fingerprint density at radius 3 is 2.29 bits per heavy atom. The molecule has 0 amide bonds. The van der Waals surface area contributed by atoms with Crippen LogP contribution in [-0.2, 0) is 0 Å². The van der Waals surface area contributed by atoms with Crippen LogP contribution in [0.4, 0.5) is 5.69 Å². The van der Waals surface area contributed by atoms with Gasteiger partial charge in [0.15, 0.2) is 0 Å². The van der Waals surface area contributed by atoms with E-state index < -0.39 is 0 Å². The van der Waals surface area contributed by atoms with Crippen LogP contribution in [0, 0.1) is 0 Å². The van der Waals surface area contributed by atoms with Crippen molar-refractivity contribution in [3.8, 4) is 11.5 Å². The van der Waals surface area contributed by atoms with Gasteiger partial charge in [0.2, 0.25) is 0 Å². The number of methoxy groups -OCH3 is 2. The molecule has 0 saturated carbocycles. The zero-order valence-electron chi connectivity index (χ0n) is 10.7. The molecule has 0 spiro atoms. The summed E-state index contributed by atoms with van der Waals surface area (Å²) in [4.78, 5) is 2.35. The maximum atomic E-state index is 5.29. The quantitative estimate of drug-likeness (QED) is 0.859. The molecule has 0 unspecified atom stereocenters. The largest absolute Gasteiger partial charge is 0.497 e. The van der Waals surface area contributed by atoms with E-state index in [2.05, 4.69) is 22.3 Å². The van der Waals surface area contributed by atoms with Gasteiger partial charge >= 0.3 is 0 Å². The molecule has 1 fully saturated rings. The average molecular weight is 236 g/mol. The fourth-order valence-corrected chi connectivity index (χ4v) is 2.21. The minimum absolute atomic E-state index is 0.576. The lowest BCUT2D eigenvalue weighted by molar-refractivity contribution is 0.394. The standard InChI is InChI=1S/C13H20N2O2/c1-14-10-4-5-15(9-10)11-6-12(16-2)8-13(7-11)17-3/h6-8,10,14H,4-5,9H2,1-3H3/t10-/m0/s1. The van der Waals surface area contributed by atoms with Crippen LogP contribution in [0.5, 0.6) is 11.5 Å². The minimum atomic E-state index is 0.576. The van der Waals surface area contributed by atoms with Crippen molar-refractivity contribution in [3.63, 3.8) is 0 Å². The Kier molecular flexibility index (Phi) is 3.74. The number of hydrogen-bond acceptors (Lipinski definition) is 4. The molecule has 17 heavy (non-hydrogen) atoms. The Hall–Kier alpha value is -1.42. The Balaban J connectivity index is 2.20. The average Bonchev–Trinajstić information content (AvgIpc) is 2.86. The Morgan fingerprint density at radius 1 is 1.18 bits per heavy atom. The number of likely N-dealkylation sites (N-methyl/N-ethyl adjacent to an activating group) is 1. The van der Waals surface area contributed by atoms with E-state index in [0.29, 0.717) is 6.04 Å². The van der Waals surface area contributed by atoms with Gasteiger partial charge in [-0.3, -0.25) is 0 Å². The molecule has 4 heteroatoms. The Morgan fingerprint density at radius 2 is 1.82 bits per heavy atom. The van der Waals surface area contributed by atoms with E-state index in [0.717, 1.165) is 24.6 Å². The number of nitrogens with zero attached hydrogens (tertiary/aromatic N) is 1. The van der Waals surface area contributed by atoms with Crippen molar-refractivity contribution in [1.82, 2.24) is 5.32 Å². The van der Waals surface area contributed by atoms with Crippen molar-refractivity contribution >= 4 is 5.69 Å². The molecule has 0 aliphatic carbocycles. The van der Waals surface area contributed by atoms with E-state index in [4.69, 9.17) is 9.47 Å². The Labute approximate surface area is 103 Å². The molecule has 4 nitrogen and oxygen atoms in total. The normalized spacial score (nSPS) is 19.5. The highest BCUT2D eigenvalue weighted by molar-refractivity contribution is 5.56. The second-order valence-corrected chi connectivity index (χ2v) is 4.29. The third-order valence-corrected chi connectivity index (χ3v) is 3.30. The molecule has 1 heterocycles. The molecule has 1 N–H and O–H groups in total. The maximum absolute atomic E-state index is 5.29.